The number of nitrogens with one attached hydrogen (secondary N) is 3. The first kappa shape index (κ1) is 13.4. The highest BCUT2D eigenvalue weighted by Gasteiger charge is 2.13. The molecular formula is C16H17N3O2. The van der Waals surface area contributed by atoms with Crippen molar-refractivity contribution in [2.75, 3.05) is 17.2 Å². The van der Waals surface area contributed by atoms with Crippen molar-refractivity contribution in [3.63, 3.8) is 0 Å². The number of aryl methyl sites for hydroxylation is 2. The largest absolute Gasteiger partial charge is 0.385 e. The van der Waals surface area contributed by atoms with Gasteiger partial charge in [-0.1, -0.05) is 6.07 Å². The van der Waals surface area contributed by atoms with E-state index in [9.17, 15) is 9.59 Å². The van der Waals surface area contributed by atoms with Gasteiger partial charge in [-0.3, -0.25) is 9.59 Å². The van der Waals surface area contributed by atoms with E-state index in [1.165, 1.54) is 5.56 Å². The molecule has 3 N–H and O–H groups in total. The number of carbonyl (C=O) groups excluding carboxylic acids is 1. The SMILES string of the molecule is Cc1ccc(C(=O)Nc2ccc3c(c2)NCCC3)c(=O)[nH]1. The molecule has 21 heavy (non-hydrogen) atoms. The van der Waals surface area contributed by atoms with Crippen LogP contribution in [0, 0.1) is 6.92 Å². The smallest absolute Gasteiger partial charge is 0.261 e. The van der Waals surface area contributed by atoms with Gasteiger partial charge in [0, 0.05) is 23.6 Å². The molecule has 0 unspecified atom stereocenters. The first-order chi connectivity index (χ1) is 10.1. The fourth-order valence-electron chi connectivity index (χ4n) is 2.49. The Morgan fingerprint density at radius 3 is 2.90 bits per heavy atom. The second-order valence-electron chi connectivity index (χ2n) is 5.24. The normalized spacial score (nSPS) is 13.2. The Morgan fingerprint density at radius 2 is 2.10 bits per heavy atom. The minimum atomic E-state index is -0.396. The minimum Gasteiger partial charge on any atom is -0.385 e. The highest BCUT2D eigenvalue weighted by molar-refractivity contribution is 6.04. The van der Waals surface area contributed by atoms with E-state index in [4.69, 9.17) is 0 Å². The Kier molecular flexibility index (Phi) is 3.48. The summed E-state index contributed by atoms with van der Waals surface area (Å²) in [6.07, 6.45) is 2.17. The fourth-order valence-corrected chi connectivity index (χ4v) is 2.49. The van der Waals surface area contributed by atoms with Crippen LogP contribution in [0.2, 0.25) is 0 Å². The fraction of sp³-hybridized carbons (Fsp3) is 0.250. The van der Waals surface area contributed by atoms with Crippen LogP contribution in [0.1, 0.15) is 28.0 Å². The Hall–Kier alpha value is -2.56. The zero-order chi connectivity index (χ0) is 14.8. The molecule has 5 heteroatoms. The molecular weight excluding hydrogens is 266 g/mol. The second kappa shape index (κ2) is 5.44. The van der Waals surface area contributed by atoms with Gasteiger partial charge >= 0.3 is 0 Å². The number of benzene rings is 1. The molecule has 1 aromatic carbocycles. The molecule has 0 saturated carbocycles. The van der Waals surface area contributed by atoms with E-state index in [2.05, 4.69) is 15.6 Å². The zero-order valence-electron chi connectivity index (χ0n) is 11.8. The van der Waals surface area contributed by atoms with Crippen molar-refractivity contribution in [1.82, 2.24) is 4.98 Å². The summed E-state index contributed by atoms with van der Waals surface area (Å²) < 4.78 is 0. The van der Waals surface area contributed by atoms with Gasteiger partial charge in [0.2, 0.25) is 0 Å². The van der Waals surface area contributed by atoms with Crippen molar-refractivity contribution in [3.8, 4) is 0 Å². The maximum absolute atomic E-state index is 12.2. The highest BCUT2D eigenvalue weighted by atomic mass is 16.2. The molecule has 0 bridgehead atoms. The Morgan fingerprint density at radius 1 is 1.24 bits per heavy atom. The van der Waals surface area contributed by atoms with Crippen molar-refractivity contribution in [1.29, 1.82) is 0 Å². The number of hydrogen-bond donors (Lipinski definition) is 3. The van der Waals surface area contributed by atoms with E-state index in [-0.39, 0.29) is 11.1 Å². The van der Waals surface area contributed by atoms with E-state index >= 15 is 0 Å². The lowest BCUT2D eigenvalue weighted by Gasteiger charge is -2.18. The molecule has 2 heterocycles. The summed E-state index contributed by atoms with van der Waals surface area (Å²) in [7, 11) is 0. The predicted octanol–water partition coefficient (Wildman–Crippen LogP) is 2.29. The van der Waals surface area contributed by atoms with Crippen LogP contribution < -0.4 is 16.2 Å². The topological polar surface area (TPSA) is 74.0 Å². The summed E-state index contributed by atoms with van der Waals surface area (Å²) >= 11 is 0. The van der Waals surface area contributed by atoms with Gasteiger partial charge in [0.05, 0.1) is 0 Å². The van der Waals surface area contributed by atoms with Gasteiger partial charge in [-0.2, -0.15) is 0 Å². The quantitative estimate of drug-likeness (QED) is 0.791. The van der Waals surface area contributed by atoms with Gasteiger partial charge in [0.15, 0.2) is 0 Å². The van der Waals surface area contributed by atoms with Crippen LogP contribution in [0.3, 0.4) is 0 Å². The number of rotatable bonds is 2. The number of anilines is 2. The standard InChI is InChI=1S/C16H17N3O2/c1-10-4-7-13(15(20)18-10)16(21)19-12-6-5-11-3-2-8-17-14(11)9-12/h4-7,9,17H,2-3,8H2,1H3,(H,18,20)(H,19,21). The molecule has 0 radical (unpaired) electrons. The van der Waals surface area contributed by atoms with Crippen LogP contribution in [0.15, 0.2) is 35.1 Å². The molecule has 108 valence electrons. The molecule has 0 aliphatic carbocycles. The highest BCUT2D eigenvalue weighted by Crippen LogP contribution is 2.25. The number of H-pyrrole nitrogens is 1. The molecule has 3 rings (SSSR count). The monoisotopic (exact) mass is 283 g/mol. The maximum atomic E-state index is 12.2. The predicted molar refractivity (Wildman–Crippen MR) is 83.0 cm³/mol. The molecule has 5 nitrogen and oxygen atoms in total. The third kappa shape index (κ3) is 2.81. The van der Waals surface area contributed by atoms with Gasteiger partial charge in [0.25, 0.3) is 11.5 Å². The summed E-state index contributed by atoms with van der Waals surface area (Å²) in [5, 5.41) is 6.09. The lowest BCUT2D eigenvalue weighted by Crippen LogP contribution is -2.23. The number of pyridine rings is 1. The van der Waals surface area contributed by atoms with Crippen LogP contribution in [-0.2, 0) is 6.42 Å². The number of aromatic amines is 1. The van der Waals surface area contributed by atoms with Crippen molar-refractivity contribution in [2.45, 2.75) is 19.8 Å². The molecule has 0 saturated heterocycles. The number of aromatic nitrogens is 1. The van der Waals surface area contributed by atoms with E-state index in [1.54, 1.807) is 19.1 Å². The number of fused-ring (bicyclic) bond motifs is 1. The number of carbonyl (C=O) groups is 1. The molecule has 1 amide bonds. The average Bonchev–Trinajstić information content (AvgIpc) is 2.47. The van der Waals surface area contributed by atoms with E-state index in [1.807, 2.05) is 18.2 Å². The van der Waals surface area contributed by atoms with Crippen molar-refractivity contribution >= 4 is 17.3 Å². The molecule has 1 aromatic heterocycles. The third-order valence-corrected chi connectivity index (χ3v) is 3.61. The Labute approximate surface area is 122 Å². The molecule has 0 spiro atoms. The lowest BCUT2D eigenvalue weighted by atomic mass is 10.0. The van der Waals surface area contributed by atoms with E-state index in [0.717, 1.165) is 30.8 Å². The third-order valence-electron chi connectivity index (χ3n) is 3.61. The van der Waals surface area contributed by atoms with Gasteiger partial charge in [-0.15, -0.1) is 0 Å². The minimum absolute atomic E-state index is 0.117. The van der Waals surface area contributed by atoms with E-state index in [0.29, 0.717) is 5.69 Å². The molecule has 2 aromatic rings. The zero-order valence-corrected chi connectivity index (χ0v) is 11.8. The summed E-state index contributed by atoms with van der Waals surface area (Å²) in [5.74, 6) is -0.396. The van der Waals surface area contributed by atoms with Gasteiger partial charge in [-0.25, -0.2) is 0 Å². The number of amides is 1. The van der Waals surface area contributed by atoms with Crippen molar-refractivity contribution < 1.29 is 4.79 Å². The summed E-state index contributed by atoms with van der Waals surface area (Å²) in [6.45, 7) is 2.72. The first-order valence-corrected chi connectivity index (χ1v) is 7.01. The summed E-state index contributed by atoms with van der Waals surface area (Å²) in [5.41, 5.74) is 3.47. The van der Waals surface area contributed by atoms with Crippen LogP contribution in [0.4, 0.5) is 11.4 Å². The average molecular weight is 283 g/mol. The van der Waals surface area contributed by atoms with Crippen molar-refractivity contribution in [2.24, 2.45) is 0 Å². The number of hydrogen-bond acceptors (Lipinski definition) is 3. The van der Waals surface area contributed by atoms with Gasteiger partial charge < -0.3 is 15.6 Å². The van der Waals surface area contributed by atoms with Crippen LogP contribution in [-0.4, -0.2) is 17.4 Å². The second-order valence-corrected chi connectivity index (χ2v) is 5.24. The molecule has 0 fully saturated rings. The summed E-state index contributed by atoms with van der Waals surface area (Å²) in [4.78, 5) is 26.6. The van der Waals surface area contributed by atoms with Gasteiger partial charge in [0.1, 0.15) is 5.56 Å². The van der Waals surface area contributed by atoms with Crippen LogP contribution in [0.25, 0.3) is 0 Å². The maximum Gasteiger partial charge on any atom is 0.261 e. The van der Waals surface area contributed by atoms with Crippen LogP contribution >= 0.6 is 0 Å². The first-order valence-electron chi connectivity index (χ1n) is 7.01. The lowest BCUT2D eigenvalue weighted by molar-refractivity contribution is 0.102. The molecule has 0 atom stereocenters. The molecule has 1 aliphatic heterocycles. The molecule has 1 aliphatic rings. The summed E-state index contributed by atoms with van der Waals surface area (Å²) in [6, 6.07) is 9.04. The van der Waals surface area contributed by atoms with Crippen LogP contribution in [0.5, 0.6) is 0 Å². The van der Waals surface area contributed by atoms with Gasteiger partial charge in [-0.05, 0) is 49.6 Å². The van der Waals surface area contributed by atoms with Crippen molar-refractivity contribution in [3.05, 3.63) is 57.5 Å². The Bertz CT molecular complexity index is 749. The Balaban J connectivity index is 1.83. The van der Waals surface area contributed by atoms with E-state index < -0.39 is 5.91 Å².